The summed E-state index contributed by atoms with van der Waals surface area (Å²) in [5.74, 6) is -0.598. The Hall–Kier alpha value is -1.57. The summed E-state index contributed by atoms with van der Waals surface area (Å²) in [6.45, 7) is 0. The highest BCUT2D eigenvalue weighted by molar-refractivity contribution is 6.26. The fourth-order valence-corrected chi connectivity index (χ4v) is 0.188. The normalized spacial score (nSPS) is 8.44. The molecular weight excluding hydrogens is 122 g/mol. The predicted octanol–water partition coefficient (Wildman–Crippen LogP) is -0.784. The number of amides is 1. The van der Waals surface area contributed by atoms with Crippen LogP contribution >= 0.6 is 0 Å². The largest absolute Gasteiger partial charge is 0.399 e. The van der Waals surface area contributed by atoms with Crippen molar-refractivity contribution >= 4 is 12.1 Å². The molecule has 0 heterocycles. The molecule has 1 amide bonds. The van der Waals surface area contributed by atoms with E-state index < -0.39 is 5.91 Å². The van der Waals surface area contributed by atoms with E-state index in [2.05, 4.69) is 9.99 Å². The number of nitrogens with one attached hydrogen (secondary N) is 1. The molecule has 0 aromatic carbocycles. The van der Waals surface area contributed by atoms with Crippen molar-refractivity contribution < 1.29 is 9.63 Å². The number of hydrogen-bond donors (Lipinski definition) is 1. The zero-order chi connectivity index (χ0) is 7.11. The monoisotopic (exact) mass is 127 g/mol. The van der Waals surface area contributed by atoms with Gasteiger partial charge >= 0.3 is 0 Å². The predicted molar refractivity (Wildman–Crippen MR) is 29.3 cm³/mol. The van der Waals surface area contributed by atoms with E-state index in [0.717, 1.165) is 6.21 Å². The fraction of sp³-hybridized carbons (Fsp3) is 0.250. The molecule has 0 saturated heterocycles. The fourth-order valence-electron chi connectivity index (χ4n) is 0.188. The van der Waals surface area contributed by atoms with Crippen molar-refractivity contribution in [3.05, 3.63) is 0 Å². The molecule has 5 nitrogen and oxygen atoms in total. The topological polar surface area (TPSA) is 74.5 Å². The van der Waals surface area contributed by atoms with Crippen LogP contribution in [0.1, 0.15) is 0 Å². The minimum absolute atomic E-state index is 0.598. The first kappa shape index (κ1) is 7.43. The van der Waals surface area contributed by atoms with Crippen molar-refractivity contribution in [1.29, 1.82) is 5.26 Å². The number of carbonyl (C=O) groups excluding carboxylic acids is 1. The zero-order valence-electron chi connectivity index (χ0n) is 4.79. The van der Waals surface area contributed by atoms with E-state index in [1.165, 1.54) is 13.3 Å². The Balaban J connectivity index is 3.53. The van der Waals surface area contributed by atoms with Gasteiger partial charge in [-0.1, -0.05) is 5.16 Å². The third-order valence-electron chi connectivity index (χ3n) is 0.454. The lowest BCUT2D eigenvalue weighted by molar-refractivity contribution is -0.113. The summed E-state index contributed by atoms with van der Waals surface area (Å²) in [6, 6.07) is 0. The van der Waals surface area contributed by atoms with Crippen LogP contribution in [0.5, 0.6) is 0 Å². The lowest BCUT2D eigenvalue weighted by Crippen LogP contribution is -2.17. The smallest absolute Gasteiger partial charge is 0.278 e. The van der Waals surface area contributed by atoms with Crippen LogP contribution in [-0.2, 0) is 9.63 Å². The first-order valence-electron chi connectivity index (χ1n) is 2.07. The number of hydrogen-bond acceptors (Lipinski definition) is 4. The van der Waals surface area contributed by atoms with Gasteiger partial charge in [0, 0.05) is 0 Å². The minimum Gasteiger partial charge on any atom is -0.399 e. The average molecular weight is 127 g/mol. The van der Waals surface area contributed by atoms with Gasteiger partial charge in [-0.2, -0.15) is 5.26 Å². The van der Waals surface area contributed by atoms with E-state index in [1.807, 2.05) is 5.32 Å². The summed E-state index contributed by atoms with van der Waals surface area (Å²) in [6.07, 6.45) is 2.29. The van der Waals surface area contributed by atoms with Crippen molar-refractivity contribution in [2.75, 3.05) is 7.11 Å². The van der Waals surface area contributed by atoms with Crippen molar-refractivity contribution in [3.8, 4) is 6.19 Å². The van der Waals surface area contributed by atoms with Gasteiger partial charge in [-0.05, 0) is 0 Å². The van der Waals surface area contributed by atoms with E-state index in [-0.39, 0.29) is 0 Å². The molecule has 0 saturated carbocycles. The third-order valence-corrected chi connectivity index (χ3v) is 0.454. The van der Waals surface area contributed by atoms with Crippen LogP contribution in [0, 0.1) is 11.5 Å². The summed E-state index contributed by atoms with van der Waals surface area (Å²) in [5, 5.41) is 12.8. The molecule has 1 N–H and O–H groups in total. The molecule has 0 aromatic heterocycles. The van der Waals surface area contributed by atoms with Gasteiger partial charge in [0.05, 0.1) is 0 Å². The summed E-state index contributed by atoms with van der Waals surface area (Å²) in [4.78, 5) is 14.4. The maximum atomic E-state index is 10.2. The molecule has 0 aliphatic rings. The summed E-state index contributed by atoms with van der Waals surface area (Å²) >= 11 is 0. The van der Waals surface area contributed by atoms with E-state index in [1.54, 1.807) is 0 Å². The van der Waals surface area contributed by atoms with Crippen LogP contribution in [0.15, 0.2) is 5.16 Å². The van der Waals surface area contributed by atoms with Crippen molar-refractivity contribution in [1.82, 2.24) is 5.32 Å². The molecule has 0 aliphatic carbocycles. The molecule has 0 aliphatic heterocycles. The van der Waals surface area contributed by atoms with Crippen LogP contribution in [0.3, 0.4) is 0 Å². The van der Waals surface area contributed by atoms with Crippen molar-refractivity contribution in [2.45, 2.75) is 0 Å². The Morgan fingerprint density at radius 1 is 2.00 bits per heavy atom. The number of nitrogens with zero attached hydrogens (tertiary/aromatic N) is 2. The second kappa shape index (κ2) is 4.59. The lowest BCUT2D eigenvalue weighted by atomic mass is 10.7. The maximum Gasteiger partial charge on any atom is 0.278 e. The van der Waals surface area contributed by atoms with Gasteiger partial charge in [-0.3, -0.25) is 10.1 Å². The van der Waals surface area contributed by atoms with Gasteiger partial charge in [-0.25, -0.2) is 0 Å². The number of rotatable bonds is 2. The Morgan fingerprint density at radius 2 is 2.67 bits per heavy atom. The molecule has 0 aromatic rings. The first-order valence-corrected chi connectivity index (χ1v) is 2.07. The Kier molecular flexibility index (Phi) is 3.79. The lowest BCUT2D eigenvalue weighted by Gasteiger charge is -1.84. The van der Waals surface area contributed by atoms with Crippen LogP contribution in [-0.4, -0.2) is 19.2 Å². The molecule has 5 heteroatoms. The molecule has 0 fully saturated rings. The third kappa shape index (κ3) is 4.28. The van der Waals surface area contributed by atoms with E-state index in [4.69, 9.17) is 5.26 Å². The molecule has 0 unspecified atom stereocenters. The Morgan fingerprint density at radius 3 is 3.11 bits per heavy atom. The minimum atomic E-state index is -0.598. The maximum absolute atomic E-state index is 10.2. The van der Waals surface area contributed by atoms with E-state index >= 15 is 0 Å². The number of oxime groups is 1. The molecule has 9 heavy (non-hydrogen) atoms. The van der Waals surface area contributed by atoms with Crippen LogP contribution < -0.4 is 5.32 Å². The van der Waals surface area contributed by atoms with Crippen molar-refractivity contribution in [3.63, 3.8) is 0 Å². The SMILES string of the molecule is CO/N=C/C(=O)NC#N. The molecular formula is C4H5N3O2. The second-order valence-electron chi connectivity index (χ2n) is 1.02. The number of nitriles is 1. The van der Waals surface area contributed by atoms with Gasteiger partial charge in [0.2, 0.25) is 0 Å². The Labute approximate surface area is 51.9 Å². The molecule has 0 bridgehead atoms. The van der Waals surface area contributed by atoms with E-state index in [9.17, 15) is 4.79 Å². The highest BCUT2D eigenvalue weighted by Crippen LogP contribution is 1.62. The summed E-state index contributed by atoms with van der Waals surface area (Å²) in [7, 11) is 1.30. The standard InChI is InChI=1S/C4H5N3O2/c1-9-7-2-4(8)6-3-5/h2H,1H3,(H,6,8)/b7-2+. The van der Waals surface area contributed by atoms with Gasteiger partial charge in [0.1, 0.15) is 13.3 Å². The average Bonchev–Trinajstić information content (AvgIpc) is 1.85. The zero-order valence-corrected chi connectivity index (χ0v) is 4.79. The van der Waals surface area contributed by atoms with Gasteiger partial charge in [0.25, 0.3) is 5.91 Å². The first-order chi connectivity index (χ1) is 4.31. The van der Waals surface area contributed by atoms with Gasteiger partial charge < -0.3 is 4.84 Å². The molecule has 0 rings (SSSR count). The second-order valence-corrected chi connectivity index (χ2v) is 1.02. The van der Waals surface area contributed by atoms with Crippen molar-refractivity contribution in [2.24, 2.45) is 5.16 Å². The summed E-state index contributed by atoms with van der Waals surface area (Å²) < 4.78 is 0. The van der Waals surface area contributed by atoms with Gasteiger partial charge in [0.15, 0.2) is 6.19 Å². The molecule has 48 valence electrons. The van der Waals surface area contributed by atoms with Crippen LogP contribution in [0.4, 0.5) is 0 Å². The highest BCUT2D eigenvalue weighted by atomic mass is 16.6. The van der Waals surface area contributed by atoms with E-state index in [0.29, 0.717) is 0 Å². The van der Waals surface area contributed by atoms with Gasteiger partial charge in [-0.15, -0.1) is 0 Å². The molecule has 0 radical (unpaired) electrons. The van der Waals surface area contributed by atoms with Crippen LogP contribution in [0.2, 0.25) is 0 Å². The number of carbonyl (C=O) groups is 1. The van der Waals surface area contributed by atoms with Crippen LogP contribution in [0.25, 0.3) is 0 Å². The molecule has 0 atom stereocenters. The Bertz CT molecular complexity index is 158. The molecule has 0 spiro atoms. The highest BCUT2D eigenvalue weighted by Gasteiger charge is 1.89. The summed E-state index contributed by atoms with van der Waals surface area (Å²) in [5.41, 5.74) is 0. The quantitative estimate of drug-likeness (QED) is 0.229.